The molecule has 1 unspecified atom stereocenters. The molecule has 29 heavy (non-hydrogen) atoms. The fraction of sp³-hybridized carbons (Fsp3) is 0.476. The maximum absolute atomic E-state index is 12.7. The molecule has 1 aromatic carbocycles. The van der Waals surface area contributed by atoms with Crippen molar-refractivity contribution >= 4 is 15.9 Å². The molecule has 1 aromatic heterocycles. The fourth-order valence-corrected chi connectivity index (χ4v) is 4.86. The van der Waals surface area contributed by atoms with Crippen molar-refractivity contribution in [3.63, 3.8) is 0 Å². The van der Waals surface area contributed by atoms with Crippen molar-refractivity contribution in [2.24, 2.45) is 0 Å². The summed E-state index contributed by atoms with van der Waals surface area (Å²) in [5.41, 5.74) is 0.316. The van der Waals surface area contributed by atoms with Crippen LogP contribution in [0.3, 0.4) is 0 Å². The van der Waals surface area contributed by atoms with Crippen LogP contribution in [0.15, 0.2) is 52.0 Å². The summed E-state index contributed by atoms with van der Waals surface area (Å²) >= 11 is 0. The number of sulfonamides is 1. The van der Waals surface area contributed by atoms with Crippen LogP contribution in [0, 0.1) is 0 Å². The first-order valence-electron chi connectivity index (χ1n) is 10.0. The molecule has 8 heteroatoms. The third kappa shape index (κ3) is 5.46. The lowest BCUT2D eigenvalue weighted by Crippen LogP contribution is -2.38. The minimum absolute atomic E-state index is 0.0912. The molecule has 1 atom stereocenters. The van der Waals surface area contributed by atoms with Crippen LogP contribution >= 0.6 is 0 Å². The van der Waals surface area contributed by atoms with Crippen LogP contribution in [-0.4, -0.2) is 56.3 Å². The van der Waals surface area contributed by atoms with Crippen LogP contribution in [0.5, 0.6) is 0 Å². The number of furan rings is 1. The Morgan fingerprint density at radius 2 is 1.72 bits per heavy atom. The Morgan fingerprint density at radius 3 is 2.28 bits per heavy atom. The summed E-state index contributed by atoms with van der Waals surface area (Å²) in [6.07, 6.45) is 1.62. The van der Waals surface area contributed by atoms with Gasteiger partial charge in [0.05, 0.1) is 17.2 Å². The molecule has 0 bridgehead atoms. The lowest BCUT2D eigenvalue weighted by atomic mass is 10.1. The third-order valence-electron chi connectivity index (χ3n) is 5.02. The number of hydrogen-bond acceptors (Lipinski definition) is 5. The van der Waals surface area contributed by atoms with Crippen LogP contribution in [0.1, 0.15) is 49.9 Å². The second kappa shape index (κ2) is 10.6. The largest absolute Gasteiger partial charge is 0.468 e. The van der Waals surface area contributed by atoms with Gasteiger partial charge >= 0.3 is 0 Å². The van der Waals surface area contributed by atoms with E-state index in [1.165, 1.54) is 16.4 Å². The second-order valence-electron chi connectivity index (χ2n) is 6.58. The smallest absolute Gasteiger partial charge is 0.251 e. The summed E-state index contributed by atoms with van der Waals surface area (Å²) in [6, 6.07) is 9.80. The quantitative estimate of drug-likeness (QED) is 0.603. The molecule has 0 saturated heterocycles. The monoisotopic (exact) mass is 421 g/mol. The van der Waals surface area contributed by atoms with Gasteiger partial charge in [-0.2, -0.15) is 4.31 Å². The zero-order chi connectivity index (χ0) is 21.4. The Morgan fingerprint density at radius 1 is 1.03 bits per heavy atom. The van der Waals surface area contributed by atoms with Gasteiger partial charge in [0.1, 0.15) is 5.76 Å². The number of carbonyl (C=O) groups excluding carboxylic acids is 1. The Kier molecular flexibility index (Phi) is 8.43. The lowest BCUT2D eigenvalue weighted by molar-refractivity contribution is 0.0929. The van der Waals surface area contributed by atoms with E-state index in [0.717, 1.165) is 18.8 Å². The molecule has 2 rings (SSSR count). The number of amides is 1. The van der Waals surface area contributed by atoms with Crippen LogP contribution in [0.2, 0.25) is 0 Å². The SMILES string of the molecule is CCN(CC)C(CNC(=O)c1cccc(S(=O)(=O)N(CC)CC)c1)c1ccco1. The molecule has 0 fully saturated rings. The first-order valence-corrected chi connectivity index (χ1v) is 11.5. The summed E-state index contributed by atoms with van der Waals surface area (Å²) in [5.74, 6) is 0.470. The molecule has 160 valence electrons. The minimum Gasteiger partial charge on any atom is -0.468 e. The van der Waals surface area contributed by atoms with E-state index in [-0.39, 0.29) is 16.8 Å². The van der Waals surface area contributed by atoms with Crippen molar-refractivity contribution in [2.75, 3.05) is 32.7 Å². The standard InChI is InChI=1S/C21H31N3O4S/c1-5-23(6-2)19(20-13-10-14-28-20)16-22-21(25)17-11-9-12-18(15-17)29(26,27)24(7-3)8-4/h9-15,19H,5-8,16H2,1-4H3,(H,22,25). The molecule has 1 amide bonds. The number of likely N-dealkylation sites (N-methyl/N-ethyl adjacent to an activating group) is 1. The van der Waals surface area contributed by atoms with Crippen molar-refractivity contribution < 1.29 is 17.6 Å². The number of nitrogens with one attached hydrogen (secondary N) is 1. The second-order valence-corrected chi connectivity index (χ2v) is 8.52. The summed E-state index contributed by atoms with van der Waals surface area (Å²) in [4.78, 5) is 15.1. The Hall–Kier alpha value is -2.16. The molecule has 0 saturated carbocycles. The maximum Gasteiger partial charge on any atom is 0.251 e. The van der Waals surface area contributed by atoms with E-state index in [4.69, 9.17) is 4.42 Å². The molecule has 0 aliphatic carbocycles. The highest BCUT2D eigenvalue weighted by Gasteiger charge is 2.24. The van der Waals surface area contributed by atoms with E-state index in [0.29, 0.717) is 25.2 Å². The van der Waals surface area contributed by atoms with Gasteiger partial charge in [0.2, 0.25) is 10.0 Å². The van der Waals surface area contributed by atoms with Crippen molar-refractivity contribution in [1.82, 2.24) is 14.5 Å². The molecule has 1 N–H and O–H groups in total. The number of nitrogens with zero attached hydrogens (tertiary/aromatic N) is 2. The Labute approximate surface area is 173 Å². The predicted octanol–water partition coefficient (Wildman–Crippen LogP) is 3.12. The topological polar surface area (TPSA) is 82.9 Å². The average Bonchev–Trinajstić information content (AvgIpc) is 3.26. The van der Waals surface area contributed by atoms with Gasteiger partial charge in [-0.05, 0) is 43.4 Å². The van der Waals surface area contributed by atoms with Crippen molar-refractivity contribution in [1.29, 1.82) is 0 Å². The van der Waals surface area contributed by atoms with E-state index in [2.05, 4.69) is 24.1 Å². The lowest BCUT2D eigenvalue weighted by Gasteiger charge is -2.28. The Balaban J connectivity index is 2.18. The highest BCUT2D eigenvalue weighted by Crippen LogP contribution is 2.21. The summed E-state index contributed by atoms with van der Waals surface area (Å²) in [6.45, 7) is 10.4. The first kappa shape index (κ1) is 23.1. The van der Waals surface area contributed by atoms with Gasteiger partial charge in [-0.25, -0.2) is 8.42 Å². The number of rotatable bonds is 11. The van der Waals surface area contributed by atoms with E-state index < -0.39 is 10.0 Å². The molecule has 0 spiro atoms. The Bertz CT molecular complexity index is 873. The predicted molar refractivity (Wildman–Crippen MR) is 113 cm³/mol. The van der Waals surface area contributed by atoms with E-state index >= 15 is 0 Å². The van der Waals surface area contributed by atoms with E-state index in [1.54, 1.807) is 32.2 Å². The fourth-order valence-electron chi connectivity index (χ4n) is 3.36. The highest BCUT2D eigenvalue weighted by atomic mass is 32.2. The zero-order valence-electron chi connectivity index (χ0n) is 17.6. The molecular formula is C21H31N3O4S. The number of carbonyl (C=O) groups is 1. The van der Waals surface area contributed by atoms with Gasteiger partial charge in [-0.1, -0.05) is 33.8 Å². The van der Waals surface area contributed by atoms with Gasteiger partial charge in [-0.3, -0.25) is 9.69 Å². The number of benzene rings is 1. The molecule has 7 nitrogen and oxygen atoms in total. The zero-order valence-corrected chi connectivity index (χ0v) is 18.4. The van der Waals surface area contributed by atoms with Crippen LogP contribution in [-0.2, 0) is 10.0 Å². The minimum atomic E-state index is -3.62. The normalized spacial score (nSPS) is 13.0. The van der Waals surface area contributed by atoms with Crippen molar-refractivity contribution in [3.8, 4) is 0 Å². The molecule has 2 aromatic rings. The molecular weight excluding hydrogens is 390 g/mol. The first-order chi connectivity index (χ1) is 13.9. The van der Waals surface area contributed by atoms with E-state index in [1.807, 2.05) is 12.1 Å². The van der Waals surface area contributed by atoms with E-state index in [9.17, 15) is 13.2 Å². The van der Waals surface area contributed by atoms with Crippen LogP contribution in [0.4, 0.5) is 0 Å². The highest BCUT2D eigenvalue weighted by molar-refractivity contribution is 7.89. The van der Waals surface area contributed by atoms with Gasteiger partial charge in [0, 0.05) is 25.2 Å². The van der Waals surface area contributed by atoms with Crippen molar-refractivity contribution in [3.05, 3.63) is 54.0 Å². The van der Waals surface area contributed by atoms with Gasteiger partial charge < -0.3 is 9.73 Å². The summed E-state index contributed by atoms with van der Waals surface area (Å²) in [7, 11) is -3.62. The van der Waals surface area contributed by atoms with Crippen LogP contribution in [0.25, 0.3) is 0 Å². The van der Waals surface area contributed by atoms with Crippen LogP contribution < -0.4 is 5.32 Å². The molecule has 0 aliphatic rings. The third-order valence-corrected chi connectivity index (χ3v) is 7.07. The molecule has 1 heterocycles. The number of hydrogen-bond donors (Lipinski definition) is 1. The maximum atomic E-state index is 12.7. The van der Waals surface area contributed by atoms with Crippen molar-refractivity contribution in [2.45, 2.75) is 38.6 Å². The molecule has 0 aliphatic heterocycles. The van der Waals surface area contributed by atoms with Gasteiger partial charge in [0.15, 0.2) is 0 Å². The van der Waals surface area contributed by atoms with Gasteiger partial charge in [-0.15, -0.1) is 0 Å². The average molecular weight is 422 g/mol. The van der Waals surface area contributed by atoms with Gasteiger partial charge in [0.25, 0.3) is 5.91 Å². The molecule has 0 radical (unpaired) electrons. The summed E-state index contributed by atoms with van der Waals surface area (Å²) < 4.78 is 32.4. The summed E-state index contributed by atoms with van der Waals surface area (Å²) in [5, 5.41) is 2.92.